The Labute approximate surface area is 99.7 Å². The fraction of sp³-hybridized carbons (Fsp3) is 0.500. The molecular weight excluding hydrogens is 232 g/mol. The second-order valence-electron chi connectivity index (χ2n) is 3.60. The van der Waals surface area contributed by atoms with Crippen molar-refractivity contribution in [2.45, 2.75) is 19.4 Å². The fourth-order valence-corrected chi connectivity index (χ4v) is 2.46. The summed E-state index contributed by atoms with van der Waals surface area (Å²) in [7, 11) is 0. The zero-order valence-corrected chi connectivity index (χ0v) is 10.2. The average molecular weight is 247 g/mol. The first-order valence-electron chi connectivity index (χ1n) is 4.83. The number of halogens is 1. The van der Waals surface area contributed by atoms with Crippen molar-refractivity contribution in [2.75, 3.05) is 13.1 Å². The summed E-state index contributed by atoms with van der Waals surface area (Å²) in [6.07, 6.45) is 1.04. The Hall–Kier alpha value is -0.580. The first-order chi connectivity index (χ1) is 6.77. The molecule has 1 aliphatic rings. The van der Waals surface area contributed by atoms with Gasteiger partial charge in [0, 0.05) is 12.6 Å². The summed E-state index contributed by atoms with van der Waals surface area (Å²) in [6, 6.07) is 2.29. The molecule has 0 spiro atoms. The summed E-state index contributed by atoms with van der Waals surface area (Å²) < 4.78 is 0. The minimum Gasteiger partial charge on any atom is -0.347 e. The van der Waals surface area contributed by atoms with Crippen molar-refractivity contribution in [1.29, 1.82) is 0 Å². The van der Waals surface area contributed by atoms with E-state index in [9.17, 15) is 4.79 Å². The predicted octanol–water partition coefficient (Wildman–Crippen LogP) is 1.57. The lowest BCUT2D eigenvalue weighted by Crippen LogP contribution is -2.36. The monoisotopic (exact) mass is 246 g/mol. The van der Waals surface area contributed by atoms with E-state index in [0.29, 0.717) is 6.04 Å². The van der Waals surface area contributed by atoms with Gasteiger partial charge in [-0.3, -0.25) is 4.79 Å². The number of carbonyl (C=O) groups excluding carboxylic acids is 1. The summed E-state index contributed by atoms with van der Waals surface area (Å²) in [5.74, 6) is 0.0752. The van der Waals surface area contributed by atoms with E-state index in [-0.39, 0.29) is 18.3 Å². The molecule has 0 bridgehead atoms. The van der Waals surface area contributed by atoms with Crippen molar-refractivity contribution in [3.8, 4) is 0 Å². The Bertz CT molecular complexity index is 334. The molecule has 1 aliphatic heterocycles. The van der Waals surface area contributed by atoms with Crippen LogP contribution in [0.1, 0.15) is 21.7 Å². The van der Waals surface area contributed by atoms with E-state index >= 15 is 0 Å². The second-order valence-corrected chi connectivity index (χ2v) is 4.51. The molecular formula is C10H15ClN2OS. The third kappa shape index (κ3) is 2.93. The number of thiophene rings is 1. The van der Waals surface area contributed by atoms with Gasteiger partial charge >= 0.3 is 0 Å². The Balaban J connectivity index is 0.00000112. The van der Waals surface area contributed by atoms with Gasteiger partial charge in [-0.2, -0.15) is 0 Å². The van der Waals surface area contributed by atoms with E-state index in [1.54, 1.807) is 0 Å². The highest BCUT2D eigenvalue weighted by molar-refractivity contribution is 7.12. The van der Waals surface area contributed by atoms with Gasteiger partial charge in [0.2, 0.25) is 0 Å². The molecule has 84 valence electrons. The number of nitrogens with one attached hydrogen (secondary N) is 2. The van der Waals surface area contributed by atoms with Crippen molar-refractivity contribution in [2.24, 2.45) is 0 Å². The molecule has 2 N–H and O–H groups in total. The lowest BCUT2D eigenvalue weighted by atomic mass is 10.2. The Morgan fingerprint density at radius 3 is 3.00 bits per heavy atom. The lowest BCUT2D eigenvalue weighted by Gasteiger charge is -2.10. The summed E-state index contributed by atoms with van der Waals surface area (Å²) >= 11 is 1.51. The fourth-order valence-electron chi connectivity index (χ4n) is 1.63. The standard InChI is InChI=1S/C10H14N2OS.ClH/c1-7-3-5-14-9(7)10(13)12-8-2-4-11-6-8;/h3,5,8,11H,2,4,6H2,1H3,(H,12,13);1H/t8-;/m0./s1. The molecule has 0 radical (unpaired) electrons. The number of hydrogen-bond acceptors (Lipinski definition) is 3. The smallest absolute Gasteiger partial charge is 0.261 e. The number of hydrogen-bond donors (Lipinski definition) is 2. The quantitative estimate of drug-likeness (QED) is 0.832. The number of rotatable bonds is 2. The molecule has 15 heavy (non-hydrogen) atoms. The van der Waals surface area contributed by atoms with Crippen molar-refractivity contribution in [1.82, 2.24) is 10.6 Å². The van der Waals surface area contributed by atoms with Gasteiger partial charge in [0.1, 0.15) is 0 Å². The van der Waals surface area contributed by atoms with Crippen LogP contribution in [0.4, 0.5) is 0 Å². The maximum Gasteiger partial charge on any atom is 0.261 e. The van der Waals surface area contributed by atoms with Crippen molar-refractivity contribution >= 4 is 29.7 Å². The molecule has 1 fully saturated rings. The van der Waals surface area contributed by atoms with Crippen molar-refractivity contribution in [3.63, 3.8) is 0 Å². The van der Waals surface area contributed by atoms with Gasteiger partial charge in [-0.1, -0.05) is 0 Å². The summed E-state index contributed by atoms with van der Waals surface area (Å²) in [5, 5.41) is 8.21. The maximum atomic E-state index is 11.8. The largest absolute Gasteiger partial charge is 0.347 e. The highest BCUT2D eigenvalue weighted by atomic mass is 35.5. The third-order valence-electron chi connectivity index (χ3n) is 2.46. The van der Waals surface area contributed by atoms with E-state index in [4.69, 9.17) is 0 Å². The topological polar surface area (TPSA) is 41.1 Å². The Morgan fingerprint density at radius 1 is 1.67 bits per heavy atom. The second kappa shape index (κ2) is 5.49. The van der Waals surface area contributed by atoms with E-state index in [2.05, 4.69) is 10.6 Å². The molecule has 0 aliphatic carbocycles. The van der Waals surface area contributed by atoms with Gasteiger partial charge < -0.3 is 10.6 Å². The van der Waals surface area contributed by atoms with Crippen LogP contribution >= 0.6 is 23.7 Å². The molecule has 1 saturated heterocycles. The van der Waals surface area contributed by atoms with Gasteiger partial charge in [-0.05, 0) is 36.9 Å². The lowest BCUT2D eigenvalue weighted by molar-refractivity contribution is 0.0943. The summed E-state index contributed by atoms with van der Waals surface area (Å²) in [4.78, 5) is 12.6. The number of aryl methyl sites for hydroxylation is 1. The zero-order chi connectivity index (χ0) is 9.97. The normalized spacial score (nSPS) is 19.7. The van der Waals surface area contributed by atoms with E-state index in [1.807, 2.05) is 18.4 Å². The van der Waals surface area contributed by atoms with Crippen LogP contribution in [0.3, 0.4) is 0 Å². The molecule has 1 atom stereocenters. The minimum atomic E-state index is 0. The first-order valence-corrected chi connectivity index (χ1v) is 5.71. The van der Waals surface area contributed by atoms with Crippen LogP contribution in [-0.4, -0.2) is 25.0 Å². The van der Waals surface area contributed by atoms with Crippen molar-refractivity contribution < 1.29 is 4.79 Å². The highest BCUT2D eigenvalue weighted by Gasteiger charge is 2.18. The molecule has 0 aromatic carbocycles. The zero-order valence-electron chi connectivity index (χ0n) is 8.58. The maximum absolute atomic E-state index is 11.8. The molecule has 3 nitrogen and oxygen atoms in total. The van der Waals surface area contributed by atoms with Gasteiger partial charge in [0.25, 0.3) is 5.91 Å². The molecule has 2 rings (SSSR count). The van der Waals surface area contributed by atoms with Crippen LogP contribution in [-0.2, 0) is 0 Å². The third-order valence-corrected chi connectivity index (χ3v) is 3.48. The predicted molar refractivity (Wildman–Crippen MR) is 65.0 cm³/mol. The SMILES string of the molecule is Cc1ccsc1C(=O)N[C@H]1CCNC1.Cl. The van der Waals surface area contributed by atoms with E-state index in [0.717, 1.165) is 30.0 Å². The van der Waals surface area contributed by atoms with Crippen LogP contribution in [0, 0.1) is 6.92 Å². The first kappa shape index (κ1) is 12.5. The molecule has 0 unspecified atom stereocenters. The Morgan fingerprint density at radius 2 is 2.47 bits per heavy atom. The summed E-state index contributed by atoms with van der Waals surface area (Å²) in [6.45, 7) is 3.88. The molecule has 0 saturated carbocycles. The Kier molecular flexibility index (Phi) is 4.57. The summed E-state index contributed by atoms with van der Waals surface area (Å²) in [5.41, 5.74) is 1.07. The number of amides is 1. The molecule has 2 heterocycles. The molecule has 1 aromatic heterocycles. The molecule has 1 aromatic rings. The van der Waals surface area contributed by atoms with Gasteiger partial charge in [-0.25, -0.2) is 0 Å². The van der Waals surface area contributed by atoms with Crippen LogP contribution in [0.25, 0.3) is 0 Å². The molecule has 5 heteroatoms. The number of carbonyl (C=O) groups is 1. The van der Waals surface area contributed by atoms with Crippen LogP contribution in [0.15, 0.2) is 11.4 Å². The van der Waals surface area contributed by atoms with Gasteiger partial charge in [0.15, 0.2) is 0 Å². The van der Waals surface area contributed by atoms with E-state index in [1.165, 1.54) is 11.3 Å². The van der Waals surface area contributed by atoms with Gasteiger partial charge in [-0.15, -0.1) is 23.7 Å². The van der Waals surface area contributed by atoms with Gasteiger partial charge in [0.05, 0.1) is 4.88 Å². The minimum absolute atomic E-state index is 0. The van der Waals surface area contributed by atoms with Crippen LogP contribution < -0.4 is 10.6 Å². The highest BCUT2D eigenvalue weighted by Crippen LogP contribution is 2.15. The average Bonchev–Trinajstić information content (AvgIpc) is 2.75. The van der Waals surface area contributed by atoms with Crippen LogP contribution in [0.5, 0.6) is 0 Å². The van der Waals surface area contributed by atoms with Crippen molar-refractivity contribution in [3.05, 3.63) is 21.9 Å². The molecule has 1 amide bonds. The van der Waals surface area contributed by atoms with E-state index < -0.39 is 0 Å². The van der Waals surface area contributed by atoms with Crippen LogP contribution in [0.2, 0.25) is 0 Å².